The lowest BCUT2D eigenvalue weighted by Gasteiger charge is -2.25. The van der Waals surface area contributed by atoms with Crippen molar-refractivity contribution in [2.45, 2.75) is 85.0 Å². The number of hydrogen-bond donors (Lipinski definition) is 0. The molecule has 138 valence electrons. The molecule has 0 bridgehead atoms. The van der Waals surface area contributed by atoms with Crippen molar-refractivity contribution in [2.75, 3.05) is 13.2 Å². The summed E-state index contributed by atoms with van der Waals surface area (Å²) in [7, 11) is 0. The van der Waals surface area contributed by atoms with Crippen molar-refractivity contribution in [3.8, 4) is 0 Å². The highest BCUT2D eigenvalue weighted by molar-refractivity contribution is 6.00. The topological polar surface area (TPSA) is 52.6 Å². The first-order valence-corrected chi connectivity index (χ1v) is 9.72. The smallest absolute Gasteiger partial charge is 0.334 e. The number of ether oxygens (including phenoxy) is 2. The first-order valence-electron chi connectivity index (χ1n) is 9.72. The third kappa shape index (κ3) is 6.66. The molecule has 0 aliphatic heterocycles. The van der Waals surface area contributed by atoms with E-state index in [1.54, 1.807) is 0 Å². The highest BCUT2D eigenvalue weighted by Gasteiger charge is 2.30. The van der Waals surface area contributed by atoms with E-state index >= 15 is 0 Å². The Labute approximate surface area is 147 Å². The zero-order valence-corrected chi connectivity index (χ0v) is 15.7. The molecule has 4 nitrogen and oxygen atoms in total. The number of esters is 2. The molecule has 1 rings (SSSR count). The molecule has 0 aromatic carbocycles. The molecule has 0 amide bonds. The van der Waals surface area contributed by atoms with Crippen LogP contribution in [0, 0.1) is 5.92 Å². The van der Waals surface area contributed by atoms with Gasteiger partial charge in [-0.2, -0.15) is 0 Å². The molecule has 0 saturated heterocycles. The first-order chi connectivity index (χ1) is 11.7. The zero-order chi connectivity index (χ0) is 17.8. The van der Waals surface area contributed by atoms with Crippen LogP contribution in [-0.2, 0) is 19.1 Å². The average molecular weight is 338 g/mol. The van der Waals surface area contributed by atoms with Crippen LogP contribution >= 0.6 is 0 Å². The van der Waals surface area contributed by atoms with Crippen molar-refractivity contribution < 1.29 is 19.1 Å². The fourth-order valence-electron chi connectivity index (χ4n) is 3.16. The van der Waals surface area contributed by atoms with Gasteiger partial charge in [-0.15, -0.1) is 0 Å². The molecule has 1 aliphatic rings. The van der Waals surface area contributed by atoms with Crippen LogP contribution in [0.3, 0.4) is 0 Å². The van der Waals surface area contributed by atoms with Gasteiger partial charge in [-0.3, -0.25) is 0 Å². The Bertz CT molecular complexity index is 419. The van der Waals surface area contributed by atoms with E-state index in [0.29, 0.717) is 30.8 Å². The molecule has 1 fully saturated rings. The van der Waals surface area contributed by atoms with Crippen LogP contribution in [0.4, 0.5) is 0 Å². The van der Waals surface area contributed by atoms with Crippen molar-refractivity contribution in [3.05, 3.63) is 11.1 Å². The van der Waals surface area contributed by atoms with Crippen molar-refractivity contribution in [1.29, 1.82) is 0 Å². The Balaban J connectivity index is 2.96. The molecule has 0 atom stereocenters. The Kier molecular flexibility index (Phi) is 10.4. The summed E-state index contributed by atoms with van der Waals surface area (Å²) in [6.45, 7) is 6.88. The van der Waals surface area contributed by atoms with Gasteiger partial charge in [0.1, 0.15) is 0 Å². The highest BCUT2D eigenvalue weighted by atomic mass is 16.5. The largest absolute Gasteiger partial charge is 0.462 e. The predicted molar refractivity (Wildman–Crippen MR) is 95.6 cm³/mol. The van der Waals surface area contributed by atoms with Gasteiger partial charge in [-0.25, -0.2) is 9.59 Å². The van der Waals surface area contributed by atoms with E-state index in [-0.39, 0.29) is 17.9 Å². The maximum absolute atomic E-state index is 12.7. The summed E-state index contributed by atoms with van der Waals surface area (Å²) >= 11 is 0. The monoisotopic (exact) mass is 338 g/mol. The van der Waals surface area contributed by atoms with Crippen LogP contribution in [0.1, 0.15) is 85.0 Å². The van der Waals surface area contributed by atoms with Gasteiger partial charge in [0.15, 0.2) is 0 Å². The van der Waals surface area contributed by atoms with Crippen LogP contribution < -0.4 is 0 Å². The number of unbranched alkanes of at least 4 members (excludes halogenated alkanes) is 2. The van der Waals surface area contributed by atoms with Gasteiger partial charge >= 0.3 is 11.9 Å². The maximum Gasteiger partial charge on any atom is 0.334 e. The lowest BCUT2D eigenvalue weighted by Crippen LogP contribution is -2.24. The SMILES string of the molecule is CCCCOC(=O)/C(CC)=C(\C(=O)OCCCC)C1CCCCC1. The second-order valence-electron chi connectivity index (χ2n) is 6.56. The summed E-state index contributed by atoms with van der Waals surface area (Å²) in [6.07, 6.45) is 9.53. The van der Waals surface area contributed by atoms with Crippen LogP contribution in [0.2, 0.25) is 0 Å². The van der Waals surface area contributed by atoms with E-state index in [4.69, 9.17) is 9.47 Å². The zero-order valence-electron chi connectivity index (χ0n) is 15.7. The van der Waals surface area contributed by atoms with Crippen LogP contribution in [-0.4, -0.2) is 25.2 Å². The van der Waals surface area contributed by atoms with Crippen molar-refractivity contribution in [3.63, 3.8) is 0 Å². The lowest BCUT2D eigenvalue weighted by molar-refractivity contribution is -0.143. The third-order valence-electron chi connectivity index (χ3n) is 4.62. The van der Waals surface area contributed by atoms with Crippen molar-refractivity contribution in [1.82, 2.24) is 0 Å². The second kappa shape index (κ2) is 12.1. The van der Waals surface area contributed by atoms with Crippen LogP contribution in [0.25, 0.3) is 0 Å². The minimum atomic E-state index is -0.334. The number of carbonyl (C=O) groups excluding carboxylic acids is 2. The molecule has 0 unspecified atom stereocenters. The molecule has 24 heavy (non-hydrogen) atoms. The predicted octanol–water partition coefficient (Wildman–Crippen LogP) is 4.96. The minimum Gasteiger partial charge on any atom is -0.462 e. The van der Waals surface area contributed by atoms with E-state index in [2.05, 4.69) is 13.8 Å². The highest BCUT2D eigenvalue weighted by Crippen LogP contribution is 2.33. The summed E-state index contributed by atoms with van der Waals surface area (Å²) < 4.78 is 10.8. The molecule has 4 heteroatoms. The number of rotatable bonds is 10. The summed E-state index contributed by atoms with van der Waals surface area (Å²) in [5.74, 6) is -0.500. The molecule has 1 aliphatic carbocycles. The van der Waals surface area contributed by atoms with Gasteiger partial charge in [0, 0.05) is 5.57 Å². The van der Waals surface area contributed by atoms with E-state index in [1.807, 2.05) is 6.92 Å². The van der Waals surface area contributed by atoms with Crippen LogP contribution in [0.5, 0.6) is 0 Å². The summed E-state index contributed by atoms with van der Waals surface area (Å²) in [5, 5.41) is 0. The molecule has 0 spiro atoms. The lowest BCUT2D eigenvalue weighted by atomic mass is 9.81. The number of carbonyl (C=O) groups is 2. The Morgan fingerprint density at radius 3 is 1.88 bits per heavy atom. The normalized spacial score (nSPS) is 16.5. The van der Waals surface area contributed by atoms with E-state index in [0.717, 1.165) is 51.4 Å². The Hall–Kier alpha value is -1.32. The van der Waals surface area contributed by atoms with Gasteiger partial charge in [0.2, 0.25) is 0 Å². The summed E-state index contributed by atoms with van der Waals surface area (Å²) in [5.41, 5.74) is 1.12. The van der Waals surface area contributed by atoms with Gasteiger partial charge in [0.05, 0.1) is 18.8 Å². The first kappa shape index (κ1) is 20.7. The van der Waals surface area contributed by atoms with E-state index in [9.17, 15) is 9.59 Å². The quantitative estimate of drug-likeness (QED) is 0.321. The van der Waals surface area contributed by atoms with E-state index < -0.39 is 0 Å². The molecule has 0 radical (unpaired) electrons. The second-order valence-corrected chi connectivity index (χ2v) is 6.56. The van der Waals surface area contributed by atoms with Gasteiger partial charge in [0.25, 0.3) is 0 Å². The van der Waals surface area contributed by atoms with Gasteiger partial charge in [-0.1, -0.05) is 52.9 Å². The average Bonchev–Trinajstić information content (AvgIpc) is 2.60. The fraction of sp³-hybridized carbons (Fsp3) is 0.800. The fourth-order valence-corrected chi connectivity index (χ4v) is 3.16. The summed E-state index contributed by atoms with van der Waals surface area (Å²) in [6, 6.07) is 0. The maximum atomic E-state index is 12.7. The molecule has 0 aromatic rings. The molecule has 0 N–H and O–H groups in total. The molecular weight excluding hydrogens is 304 g/mol. The van der Waals surface area contributed by atoms with Crippen LogP contribution in [0.15, 0.2) is 11.1 Å². The van der Waals surface area contributed by atoms with Crippen molar-refractivity contribution in [2.24, 2.45) is 5.92 Å². The minimum absolute atomic E-state index is 0.140. The van der Waals surface area contributed by atoms with Gasteiger partial charge < -0.3 is 9.47 Å². The molecule has 0 aromatic heterocycles. The molecule has 1 saturated carbocycles. The molecular formula is C20H34O4. The van der Waals surface area contributed by atoms with Crippen molar-refractivity contribution >= 4 is 11.9 Å². The third-order valence-corrected chi connectivity index (χ3v) is 4.62. The number of hydrogen-bond acceptors (Lipinski definition) is 4. The Morgan fingerprint density at radius 2 is 1.38 bits per heavy atom. The summed E-state index contributed by atoms with van der Waals surface area (Å²) in [4.78, 5) is 25.1. The standard InChI is InChI=1S/C20H34O4/c1-4-7-14-23-19(21)17(6-3)18(16-12-10-9-11-13-16)20(22)24-15-8-5-2/h16H,4-15H2,1-3H3/b18-17-. The van der Waals surface area contributed by atoms with Gasteiger partial charge in [-0.05, 0) is 38.0 Å². The van der Waals surface area contributed by atoms with E-state index in [1.165, 1.54) is 6.42 Å². The Morgan fingerprint density at radius 1 is 0.833 bits per heavy atom. The molecule has 0 heterocycles.